The number of halogens is 1. The van der Waals surface area contributed by atoms with Gasteiger partial charge in [0.15, 0.2) is 0 Å². The van der Waals surface area contributed by atoms with Crippen molar-refractivity contribution in [2.45, 2.75) is 25.7 Å². The maximum Gasteiger partial charge on any atom is 0.274 e. The number of carbonyl (C=O) groups is 2. The van der Waals surface area contributed by atoms with Gasteiger partial charge in [0.05, 0.1) is 11.1 Å². The van der Waals surface area contributed by atoms with Gasteiger partial charge in [-0.3, -0.25) is 14.8 Å². The van der Waals surface area contributed by atoms with Crippen molar-refractivity contribution < 1.29 is 19.2 Å². The monoisotopic (exact) mass is 388 g/mol. The van der Waals surface area contributed by atoms with Crippen molar-refractivity contribution in [2.75, 3.05) is 11.4 Å². The number of anilines is 1. The van der Waals surface area contributed by atoms with Crippen LogP contribution in [0.4, 0.5) is 10.1 Å². The minimum Gasteiger partial charge on any atom is -0.309 e. The van der Waals surface area contributed by atoms with Crippen LogP contribution < -0.4 is 10.4 Å². The molecule has 7 heteroatoms. The second-order valence-electron chi connectivity index (χ2n) is 7.04. The van der Waals surface area contributed by atoms with Gasteiger partial charge in [-0.1, -0.05) is 18.2 Å². The Morgan fingerprint density at radius 3 is 2.67 bits per heavy atom. The highest BCUT2D eigenvalue weighted by atomic mass is 32.1. The number of hydrogen-bond donors (Lipinski definition) is 2. The minimum atomic E-state index is -0.546. The normalized spacial score (nSPS) is 21.0. The first-order valence-electron chi connectivity index (χ1n) is 8.67. The van der Waals surface area contributed by atoms with Crippen molar-refractivity contribution in [1.29, 1.82) is 0 Å². The van der Waals surface area contributed by atoms with Crippen LogP contribution in [-0.2, 0) is 17.6 Å². The van der Waals surface area contributed by atoms with E-state index in [1.54, 1.807) is 40.7 Å². The highest BCUT2D eigenvalue weighted by Crippen LogP contribution is 2.45. The van der Waals surface area contributed by atoms with E-state index in [0.717, 1.165) is 11.1 Å². The second-order valence-corrected chi connectivity index (χ2v) is 7.04. The van der Waals surface area contributed by atoms with E-state index >= 15 is 0 Å². The van der Waals surface area contributed by atoms with Gasteiger partial charge >= 0.3 is 0 Å². The van der Waals surface area contributed by atoms with Gasteiger partial charge in [0, 0.05) is 12.1 Å². The molecule has 142 valence electrons. The lowest BCUT2D eigenvalue weighted by Crippen LogP contribution is -2.39. The van der Waals surface area contributed by atoms with Gasteiger partial charge in [-0.2, -0.15) is 13.5 Å². The molecular weight excluding hydrogens is 367 g/mol. The van der Waals surface area contributed by atoms with Crippen molar-refractivity contribution in [3.63, 3.8) is 0 Å². The maximum absolute atomic E-state index is 14.1. The number of aryl methyl sites for hydroxylation is 1. The molecule has 0 aromatic heterocycles. The van der Waals surface area contributed by atoms with Crippen molar-refractivity contribution in [2.24, 2.45) is 5.41 Å². The molecule has 27 heavy (non-hydrogen) atoms. The predicted octanol–water partition coefficient (Wildman–Crippen LogP) is 2.97. The summed E-state index contributed by atoms with van der Waals surface area (Å²) < 4.78 is 14.1. The van der Waals surface area contributed by atoms with Crippen molar-refractivity contribution in [1.82, 2.24) is 5.48 Å². The van der Waals surface area contributed by atoms with E-state index in [2.05, 4.69) is 0 Å². The van der Waals surface area contributed by atoms with Crippen LogP contribution in [0.25, 0.3) is 0 Å². The zero-order chi connectivity index (χ0) is 18.3. The van der Waals surface area contributed by atoms with E-state index in [0.29, 0.717) is 43.5 Å². The number of benzene rings is 2. The summed E-state index contributed by atoms with van der Waals surface area (Å²) in [4.78, 5) is 26.3. The lowest BCUT2D eigenvalue weighted by Gasteiger charge is -2.33. The number of rotatable bonds is 2. The quantitative estimate of drug-likeness (QED) is 0.614. The summed E-state index contributed by atoms with van der Waals surface area (Å²) in [5.41, 5.74) is 3.93. The summed E-state index contributed by atoms with van der Waals surface area (Å²) in [5.74, 6) is -0.949. The van der Waals surface area contributed by atoms with Crippen LogP contribution >= 0.6 is 13.5 Å². The smallest absolute Gasteiger partial charge is 0.274 e. The lowest BCUT2D eigenvalue weighted by atomic mass is 9.70. The summed E-state index contributed by atoms with van der Waals surface area (Å²) >= 11 is 0. The van der Waals surface area contributed by atoms with Crippen LogP contribution in [0.15, 0.2) is 42.5 Å². The number of para-hydroxylation sites is 1. The first-order valence-corrected chi connectivity index (χ1v) is 8.67. The van der Waals surface area contributed by atoms with Crippen LogP contribution in [0.3, 0.4) is 0 Å². The highest BCUT2D eigenvalue weighted by molar-refractivity contribution is 7.59. The molecule has 1 aliphatic carbocycles. The SMILES string of the molecule is O=C(NO)c1ccc2c(c1)CC[C@@]1(CCN(c3ccccc3F)C1=O)C2.S. The first kappa shape index (κ1) is 19.4. The molecule has 1 spiro atoms. The molecule has 1 aliphatic heterocycles. The van der Waals surface area contributed by atoms with Gasteiger partial charge in [0.25, 0.3) is 5.91 Å². The van der Waals surface area contributed by atoms with Crippen molar-refractivity contribution >= 4 is 31.0 Å². The van der Waals surface area contributed by atoms with Crippen LogP contribution in [0, 0.1) is 11.2 Å². The molecule has 0 radical (unpaired) electrons. The Morgan fingerprint density at radius 1 is 1.15 bits per heavy atom. The van der Waals surface area contributed by atoms with E-state index in [1.807, 2.05) is 6.07 Å². The molecule has 1 atom stereocenters. The average molecular weight is 388 g/mol. The predicted molar refractivity (Wildman–Crippen MR) is 104 cm³/mol. The third-order valence-electron chi connectivity index (χ3n) is 5.63. The van der Waals surface area contributed by atoms with E-state index in [4.69, 9.17) is 5.21 Å². The number of hydrogen-bond acceptors (Lipinski definition) is 3. The zero-order valence-electron chi connectivity index (χ0n) is 14.7. The van der Waals surface area contributed by atoms with E-state index in [1.165, 1.54) is 6.07 Å². The largest absolute Gasteiger partial charge is 0.309 e. The third kappa shape index (κ3) is 3.21. The van der Waals surface area contributed by atoms with Crippen molar-refractivity contribution in [3.8, 4) is 0 Å². The molecule has 0 unspecified atom stereocenters. The Labute approximate surface area is 163 Å². The average Bonchev–Trinajstić information content (AvgIpc) is 2.97. The Hall–Kier alpha value is -2.38. The number of hydroxylamine groups is 1. The number of fused-ring (bicyclic) bond motifs is 1. The summed E-state index contributed by atoms with van der Waals surface area (Å²) in [7, 11) is 0. The van der Waals surface area contributed by atoms with Gasteiger partial charge in [-0.05, 0) is 61.1 Å². The van der Waals surface area contributed by atoms with Gasteiger partial charge in [0.2, 0.25) is 5.91 Å². The fraction of sp³-hybridized carbons (Fsp3) is 0.300. The summed E-state index contributed by atoms with van der Waals surface area (Å²) in [6.45, 7) is 0.514. The number of nitrogens with one attached hydrogen (secondary N) is 1. The van der Waals surface area contributed by atoms with Crippen LogP contribution in [0.2, 0.25) is 0 Å². The molecule has 1 heterocycles. The first-order chi connectivity index (χ1) is 12.5. The third-order valence-corrected chi connectivity index (χ3v) is 5.63. The van der Waals surface area contributed by atoms with Gasteiger partial charge in [-0.25, -0.2) is 9.87 Å². The molecule has 1 saturated heterocycles. The number of amides is 2. The molecular formula is C20H21FN2O3S. The number of carbonyl (C=O) groups excluding carboxylic acids is 2. The Bertz CT molecular complexity index is 905. The molecule has 2 aliphatic rings. The van der Waals surface area contributed by atoms with Crippen LogP contribution in [-0.4, -0.2) is 23.6 Å². The molecule has 2 N–H and O–H groups in total. The fourth-order valence-electron chi connectivity index (χ4n) is 4.18. The molecule has 5 nitrogen and oxygen atoms in total. The summed E-state index contributed by atoms with van der Waals surface area (Å²) in [5, 5.41) is 8.77. The molecule has 0 saturated carbocycles. The van der Waals surface area contributed by atoms with E-state index < -0.39 is 11.3 Å². The van der Waals surface area contributed by atoms with Gasteiger partial charge < -0.3 is 4.90 Å². The topological polar surface area (TPSA) is 69.6 Å². The summed E-state index contributed by atoms with van der Waals surface area (Å²) in [6, 6.07) is 11.6. The maximum atomic E-state index is 14.1. The molecule has 4 rings (SSSR count). The molecule has 2 aromatic rings. The highest BCUT2D eigenvalue weighted by Gasteiger charge is 2.48. The standard InChI is InChI=1S/C20H19FN2O3.H2S/c21-16-3-1-2-4-17(16)23-10-9-20(19(23)25)8-7-13-11-14(18(24)22-26)5-6-15(13)12-20;/h1-6,11,26H,7-10,12H2,(H,22,24);1H2/t20-;/m1./s1. The van der Waals surface area contributed by atoms with Gasteiger partial charge in [0.1, 0.15) is 5.82 Å². The fourth-order valence-corrected chi connectivity index (χ4v) is 4.18. The second kappa shape index (κ2) is 7.32. The minimum absolute atomic E-state index is 0. The van der Waals surface area contributed by atoms with E-state index in [-0.39, 0.29) is 25.2 Å². The zero-order valence-corrected chi connectivity index (χ0v) is 15.7. The molecule has 2 aromatic carbocycles. The van der Waals surface area contributed by atoms with Gasteiger partial charge in [-0.15, -0.1) is 0 Å². The van der Waals surface area contributed by atoms with Crippen LogP contribution in [0.5, 0.6) is 0 Å². The van der Waals surface area contributed by atoms with E-state index in [9.17, 15) is 14.0 Å². The molecule has 2 amide bonds. The Kier molecular flexibility index (Phi) is 5.26. The van der Waals surface area contributed by atoms with Crippen molar-refractivity contribution in [3.05, 3.63) is 65.0 Å². The Balaban J connectivity index is 0.00000210. The number of nitrogens with zero attached hydrogens (tertiary/aromatic N) is 1. The molecule has 0 bridgehead atoms. The molecule has 1 fully saturated rings. The lowest BCUT2D eigenvalue weighted by molar-refractivity contribution is -0.126. The van der Waals surface area contributed by atoms with Crippen LogP contribution in [0.1, 0.15) is 34.3 Å². The summed E-state index contributed by atoms with van der Waals surface area (Å²) in [6.07, 6.45) is 2.64. The Morgan fingerprint density at radius 2 is 1.93 bits per heavy atom.